The van der Waals surface area contributed by atoms with Gasteiger partial charge in [-0.15, -0.1) is 0 Å². The molecule has 0 spiro atoms. The number of amidine groups is 1. The zero-order valence-corrected chi connectivity index (χ0v) is 19.7. The fourth-order valence-electron chi connectivity index (χ4n) is 3.13. The molecule has 2 aliphatic heterocycles. The number of alkyl carbamates (subject to hydrolysis) is 1. The molecular weight excluding hydrogens is 473 g/mol. The molecule has 164 valence electrons. The number of thioether (sulfide) groups is 1. The van der Waals surface area contributed by atoms with Crippen LogP contribution in [0.2, 0.25) is 10.0 Å². The van der Waals surface area contributed by atoms with Crippen molar-refractivity contribution in [2.75, 3.05) is 23.0 Å². The van der Waals surface area contributed by atoms with Crippen LogP contribution in [0.15, 0.2) is 23.2 Å². The van der Waals surface area contributed by atoms with E-state index in [9.17, 15) is 18.0 Å². The molecule has 1 aromatic carbocycles. The zero-order chi connectivity index (χ0) is 22.3. The molecule has 8 nitrogen and oxygen atoms in total. The molecule has 0 aliphatic carbocycles. The minimum absolute atomic E-state index is 0.00654. The molecule has 2 saturated heterocycles. The monoisotopic (exact) mass is 493 g/mol. The molecule has 2 fully saturated rings. The Balaban J connectivity index is 1.82. The van der Waals surface area contributed by atoms with E-state index < -0.39 is 33.5 Å². The second kappa shape index (κ2) is 8.57. The standard InChI is InChI=1S/C18H21Cl2N3O5S2/c1-18(2,3)28-17(25)21-7-15(24)22-16-23(12-5-4-10(19)6-11(12)20)13-8-30(26,27)9-14(13)29-16/h4-6,13-14H,7-9H2,1-3H3,(H,21,25)/t13-,14+/m1/s1. The number of sulfone groups is 1. The minimum atomic E-state index is -3.20. The number of anilines is 1. The SMILES string of the molecule is CC(C)(C)OC(=O)NCC(=O)N=C1S[C@H]2CS(=O)(=O)C[C@H]2N1c1ccc(Cl)cc1Cl. The fraction of sp³-hybridized carbons (Fsp3) is 0.500. The highest BCUT2D eigenvalue weighted by atomic mass is 35.5. The maximum Gasteiger partial charge on any atom is 0.408 e. The largest absolute Gasteiger partial charge is 0.444 e. The molecular formula is C18H21Cl2N3O5S2. The molecule has 0 radical (unpaired) electrons. The van der Waals surface area contributed by atoms with Crippen LogP contribution in [0.4, 0.5) is 10.5 Å². The second-order valence-corrected chi connectivity index (χ2v) is 12.1. The van der Waals surface area contributed by atoms with Crippen LogP contribution in [0.3, 0.4) is 0 Å². The number of hydrogen-bond acceptors (Lipinski definition) is 6. The molecule has 0 aromatic heterocycles. The summed E-state index contributed by atoms with van der Waals surface area (Å²) in [6, 6.07) is 4.44. The highest BCUT2D eigenvalue weighted by molar-refractivity contribution is 8.16. The van der Waals surface area contributed by atoms with Gasteiger partial charge in [-0.05, 0) is 39.0 Å². The molecule has 2 heterocycles. The van der Waals surface area contributed by atoms with Gasteiger partial charge in [0.25, 0.3) is 5.91 Å². The van der Waals surface area contributed by atoms with E-state index in [1.165, 1.54) is 11.8 Å². The first-order valence-corrected chi connectivity index (χ1v) is 12.5. The number of ether oxygens (including phenoxy) is 1. The van der Waals surface area contributed by atoms with E-state index in [0.29, 0.717) is 20.9 Å². The zero-order valence-electron chi connectivity index (χ0n) is 16.5. The Morgan fingerprint density at radius 3 is 2.63 bits per heavy atom. The van der Waals surface area contributed by atoms with Gasteiger partial charge in [0.05, 0.1) is 28.3 Å². The lowest BCUT2D eigenvalue weighted by molar-refractivity contribution is -0.117. The summed E-state index contributed by atoms with van der Waals surface area (Å²) in [5, 5.41) is 3.18. The summed E-state index contributed by atoms with van der Waals surface area (Å²) in [6.07, 6.45) is -0.726. The van der Waals surface area contributed by atoms with Crippen LogP contribution in [0.1, 0.15) is 20.8 Å². The van der Waals surface area contributed by atoms with Crippen molar-refractivity contribution in [3.63, 3.8) is 0 Å². The van der Waals surface area contributed by atoms with E-state index in [2.05, 4.69) is 10.3 Å². The molecule has 1 N–H and O–H groups in total. The smallest absolute Gasteiger partial charge is 0.408 e. The number of benzene rings is 1. The Bertz CT molecular complexity index is 1010. The van der Waals surface area contributed by atoms with Crippen molar-refractivity contribution in [1.82, 2.24) is 5.32 Å². The van der Waals surface area contributed by atoms with Gasteiger partial charge >= 0.3 is 6.09 Å². The van der Waals surface area contributed by atoms with Gasteiger partial charge in [-0.25, -0.2) is 13.2 Å². The molecule has 0 unspecified atom stereocenters. The van der Waals surface area contributed by atoms with E-state index in [1.54, 1.807) is 43.9 Å². The number of hydrogen-bond donors (Lipinski definition) is 1. The number of nitrogens with one attached hydrogen (secondary N) is 1. The summed E-state index contributed by atoms with van der Waals surface area (Å²) < 4.78 is 29.3. The fourth-order valence-corrected chi connectivity index (χ4v) is 7.55. The second-order valence-electron chi connectivity index (χ2n) is 7.91. The quantitative estimate of drug-likeness (QED) is 0.689. The minimum Gasteiger partial charge on any atom is -0.444 e. The maximum atomic E-state index is 12.4. The topological polar surface area (TPSA) is 105 Å². The molecule has 0 saturated carbocycles. The van der Waals surface area contributed by atoms with Crippen LogP contribution in [0, 0.1) is 0 Å². The Kier molecular flexibility index (Phi) is 6.62. The van der Waals surface area contributed by atoms with E-state index in [0.717, 1.165) is 0 Å². The first kappa shape index (κ1) is 23.2. The van der Waals surface area contributed by atoms with Crippen LogP contribution < -0.4 is 10.2 Å². The first-order valence-electron chi connectivity index (χ1n) is 9.04. The summed E-state index contributed by atoms with van der Waals surface area (Å²) in [4.78, 5) is 29.9. The number of fused-ring (bicyclic) bond motifs is 1. The Morgan fingerprint density at radius 2 is 2.00 bits per heavy atom. The van der Waals surface area contributed by atoms with Crippen molar-refractivity contribution in [3.05, 3.63) is 28.2 Å². The van der Waals surface area contributed by atoms with Crippen molar-refractivity contribution in [3.8, 4) is 0 Å². The van der Waals surface area contributed by atoms with Gasteiger partial charge < -0.3 is 15.0 Å². The van der Waals surface area contributed by atoms with Gasteiger partial charge in [0.15, 0.2) is 15.0 Å². The third-order valence-corrected chi connectivity index (χ3v) is 7.99. The van der Waals surface area contributed by atoms with Crippen LogP contribution in [-0.4, -0.2) is 60.5 Å². The number of carbonyl (C=O) groups excluding carboxylic acids is 2. The number of amides is 2. The van der Waals surface area contributed by atoms with Crippen molar-refractivity contribution in [2.24, 2.45) is 4.99 Å². The Labute approximate surface area is 189 Å². The van der Waals surface area contributed by atoms with Crippen molar-refractivity contribution in [1.29, 1.82) is 0 Å². The Morgan fingerprint density at radius 1 is 1.30 bits per heavy atom. The predicted molar refractivity (Wildman–Crippen MR) is 119 cm³/mol. The normalized spacial score (nSPS) is 24.0. The molecule has 2 amide bonds. The number of nitrogens with zero attached hydrogens (tertiary/aromatic N) is 2. The highest BCUT2D eigenvalue weighted by Crippen LogP contribution is 2.43. The predicted octanol–water partition coefficient (Wildman–Crippen LogP) is 3.12. The van der Waals surface area contributed by atoms with Crippen molar-refractivity contribution >= 4 is 67.7 Å². The van der Waals surface area contributed by atoms with Crippen molar-refractivity contribution in [2.45, 2.75) is 37.7 Å². The van der Waals surface area contributed by atoms with Crippen LogP contribution >= 0.6 is 35.0 Å². The van der Waals surface area contributed by atoms with E-state index in [-0.39, 0.29) is 23.3 Å². The summed E-state index contributed by atoms with van der Waals surface area (Å²) in [7, 11) is -3.20. The maximum absolute atomic E-state index is 12.4. The molecule has 2 aliphatic rings. The first-order chi connectivity index (χ1) is 13.8. The molecule has 30 heavy (non-hydrogen) atoms. The molecule has 1 aromatic rings. The number of carbonyl (C=O) groups is 2. The molecule has 12 heteroatoms. The number of aliphatic imine (C=N–C) groups is 1. The van der Waals surface area contributed by atoms with Crippen LogP contribution in [-0.2, 0) is 19.4 Å². The average molecular weight is 494 g/mol. The van der Waals surface area contributed by atoms with Gasteiger partial charge in [0.2, 0.25) is 0 Å². The summed E-state index contributed by atoms with van der Waals surface area (Å²) in [5.74, 6) is -0.665. The highest BCUT2D eigenvalue weighted by Gasteiger charge is 2.49. The number of rotatable bonds is 3. The molecule has 3 rings (SSSR count). The van der Waals surface area contributed by atoms with E-state index in [1.807, 2.05) is 0 Å². The van der Waals surface area contributed by atoms with Gasteiger partial charge in [0, 0.05) is 10.3 Å². The third-order valence-electron chi connectivity index (χ3n) is 4.24. The van der Waals surface area contributed by atoms with Crippen LogP contribution in [0.25, 0.3) is 0 Å². The average Bonchev–Trinajstić information content (AvgIpc) is 3.03. The lowest BCUT2D eigenvalue weighted by Gasteiger charge is -2.25. The molecule has 2 atom stereocenters. The van der Waals surface area contributed by atoms with E-state index in [4.69, 9.17) is 27.9 Å². The third kappa shape index (κ3) is 5.60. The summed E-state index contributed by atoms with van der Waals surface area (Å²) >= 11 is 13.5. The summed E-state index contributed by atoms with van der Waals surface area (Å²) in [6.45, 7) is 4.79. The van der Waals surface area contributed by atoms with Gasteiger partial charge in [0.1, 0.15) is 12.1 Å². The van der Waals surface area contributed by atoms with E-state index >= 15 is 0 Å². The lowest BCUT2D eigenvalue weighted by atomic mass is 10.2. The molecule has 0 bridgehead atoms. The van der Waals surface area contributed by atoms with Gasteiger partial charge in [-0.1, -0.05) is 35.0 Å². The van der Waals surface area contributed by atoms with Gasteiger partial charge in [-0.3, -0.25) is 4.79 Å². The number of halogens is 2. The lowest BCUT2D eigenvalue weighted by Crippen LogP contribution is -2.38. The van der Waals surface area contributed by atoms with Crippen LogP contribution in [0.5, 0.6) is 0 Å². The van der Waals surface area contributed by atoms with Gasteiger partial charge in [-0.2, -0.15) is 4.99 Å². The van der Waals surface area contributed by atoms with Crippen molar-refractivity contribution < 1.29 is 22.7 Å². The Hall–Kier alpha value is -1.49. The summed E-state index contributed by atoms with van der Waals surface area (Å²) in [5.41, 5.74) is -0.171.